The Morgan fingerprint density at radius 2 is 1.30 bits per heavy atom. The van der Waals surface area contributed by atoms with Crippen LogP contribution in [0.3, 0.4) is 0 Å². The third kappa shape index (κ3) is 21.4. The summed E-state index contributed by atoms with van der Waals surface area (Å²) in [6.07, 6.45) is -2.77. The maximum atomic E-state index is 15.8. The van der Waals surface area contributed by atoms with Gasteiger partial charge in [0, 0.05) is 101 Å². The van der Waals surface area contributed by atoms with Gasteiger partial charge in [0.15, 0.2) is 0 Å². The summed E-state index contributed by atoms with van der Waals surface area (Å²) in [4.78, 5) is 192. The van der Waals surface area contributed by atoms with Crippen molar-refractivity contribution in [3.8, 4) is 0 Å². The lowest BCUT2D eigenvalue weighted by molar-refractivity contribution is -0.182. The van der Waals surface area contributed by atoms with Crippen molar-refractivity contribution in [3.63, 3.8) is 0 Å². The Labute approximate surface area is 628 Å². The number of nitrogens with one attached hydrogen (secondary N) is 3. The lowest BCUT2D eigenvalue weighted by Gasteiger charge is -2.54. The highest BCUT2D eigenvalue weighted by Crippen LogP contribution is 2.50. The van der Waals surface area contributed by atoms with Gasteiger partial charge >= 0.3 is 6.18 Å². The average Bonchev–Trinajstić information content (AvgIpc) is 0.831. The van der Waals surface area contributed by atoms with Crippen LogP contribution in [0.2, 0.25) is 0 Å². The van der Waals surface area contributed by atoms with Crippen LogP contribution in [0.1, 0.15) is 184 Å². The summed E-state index contributed by atoms with van der Waals surface area (Å²) in [5, 5.41) is 7.38. The number of alkyl halides is 6. The minimum atomic E-state index is -4.57. The maximum Gasteiger partial charge on any atom is 0.393 e. The van der Waals surface area contributed by atoms with Crippen LogP contribution in [0.4, 0.5) is 22.0 Å². The summed E-state index contributed by atoms with van der Waals surface area (Å²) in [6, 6.07) is -10.9. The molecule has 25 nitrogen and oxygen atoms in total. The van der Waals surface area contributed by atoms with E-state index >= 15 is 28.8 Å². The third-order valence-electron chi connectivity index (χ3n) is 23.3. The number of carbonyl (C=O) groups excluding carboxylic acids is 12. The molecule has 6 rings (SSSR count). The van der Waals surface area contributed by atoms with Gasteiger partial charge in [-0.3, -0.25) is 57.5 Å². The molecule has 600 valence electrons. The summed E-state index contributed by atoms with van der Waals surface area (Å²) in [6.45, 7) is 14.6. The standard InChI is InChI=1S/C75H120ClF5N12O13/c1-18-45(7)60-69(103)87(13)41-59(96)88(14)53-25-23-22-24-34-92(68(53)102)56(36-47-30-32-74(77,78)33-31-47)67(101)86(12)40-57(94)82-52(29-27-46-26-28-50(51(76)35-46)75(79,80)81)65(99)93-39-49(106-21-4)37-54(93)63(97)84-73(42-72(8,9)43-73)71(105)91(17)62(48(19-2)20-3)70(104)89(15)55(66(100)85(10)11)38-58(95)90(16)61(44(5)6)64(98)83-60/h22-23,44-56,60-62H,18-21,24-43H2,1-17H3,(H,82,94)(H,83,98)(H,84,97)/b23-22-/t45-,46?,49+,50?,51?,52-,53-,54-,55-,56-,60-,61-,62-/m0/s1. The zero-order valence-corrected chi connectivity index (χ0v) is 66.2. The minimum Gasteiger partial charge on any atom is -0.377 e. The SMILES string of the molecule is CCO[C@@H]1C[C@H]2C(=O)NC3(CC(C)(C)C3)C(=O)N(C)[C@@H](C(CC)CC)C(=O)N(C)[C@H](C(=O)N(C)C)CC(=O)N(C)[C@@H](C(C)C)C(=O)N[C@@H]([C@@H](C)CC)C(=O)N(C)CC(=O)N(C)[C@H]3C/C=C\CCN(C3=O)[C@@H](CC3CCC(F)(F)CC3)C(=O)N(C)CC(=O)N[C@@H](CCC3CCC(C(F)(F)F)C(Cl)C3)C(=O)N2C1. The molecule has 5 fully saturated rings. The quantitative estimate of drug-likeness (QED) is 0.0938. The van der Waals surface area contributed by atoms with E-state index in [2.05, 4.69) is 16.0 Å². The summed E-state index contributed by atoms with van der Waals surface area (Å²) < 4.78 is 78.1. The summed E-state index contributed by atoms with van der Waals surface area (Å²) in [7, 11) is 11.1. The molecule has 0 aromatic heterocycles. The molecule has 3 aliphatic heterocycles. The smallest absolute Gasteiger partial charge is 0.377 e. The molecule has 106 heavy (non-hydrogen) atoms. The van der Waals surface area contributed by atoms with E-state index in [1.54, 1.807) is 46.8 Å². The largest absolute Gasteiger partial charge is 0.393 e. The van der Waals surface area contributed by atoms with E-state index < -0.39 is 222 Å². The molecule has 1 spiro atoms. The van der Waals surface area contributed by atoms with Gasteiger partial charge in [0.2, 0.25) is 76.8 Å². The third-order valence-corrected chi connectivity index (χ3v) is 23.8. The topological polar surface area (TPSA) is 279 Å². The van der Waals surface area contributed by atoms with E-state index in [1.165, 1.54) is 76.0 Å². The van der Waals surface area contributed by atoms with E-state index in [4.69, 9.17) is 16.3 Å². The van der Waals surface area contributed by atoms with Crippen molar-refractivity contribution in [1.82, 2.24) is 60.0 Å². The van der Waals surface area contributed by atoms with Crippen LogP contribution in [-0.4, -0.2) is 282 Å². The van der Waals surface area contributed by atoms with Crippen LogP contribution in [0.25, 0.3) is 0 Å². The number of halogens is 6. The van der Waals surface area contributed by atoms with E-state index in [9.17, 15) is 50.7 Å². The molecule has 31 heteroatoms. The normalized spacial score (nSPS) is 30.4. The minimum absolute atomic E-state index is 0.00842. The second kappa shape index (κ2) is 37.1. The molecule has 0 aromatic carbocycles. The molecule has 3 N–H and O–H groups in total. The number of rotatable bonds is 14. The van der Waals surface area contributed by atoms with Crippen LogP contribution in [-0.2, 0) is 62.3 Å². The first-order chi connectivity index (χ1) is 49.4. The van der Waals surface area contributed by atoms with Crippen LogP contribution < -0.4 is 16.0 Å². The molecule has 3 heterocycles. The monoisotopic (exact) mass is 1530 g/mol. The molecule has 6 aliphatic rings. The molecule has 3 unspecified atom stereocenters. The molecule has 0 radical (unpaired) electrons. The van der Waals surface area contributed by atoms with Crippen molar-refractivity contribution in [1.29, 1.82) is 0 Å². The predicted octanol–water partition coefficient (Wildman–Crippen LogP) is 6.62. The highest BCUT2D eigenvalue weighted by Gasteiger charge is 2.59. The molecular weight excluding hydrogens is 1410 g/mol. The predicted molar refractivity (Wildman–Crippen MR) is 388 cm³/mol. The Kier molecular flexibility index (Phi) is 30.9. The number of hydrogen-bond acceptors (Lipinski definition) is 13. The van der Waals surface area contributed by atoms with Gasteiger partial charge in [-0.05, 0) is 119 Å². The average molecular weight is 1530 g/mol. The van der Waals surface area contributed by atoms with Crippen molar-refractivity contribution in [2.75, 3.05) is 89.2 Å². The first-order valence-corrected chi connectivity index (χ1v) is 38.5. The van der Waals surface area contributed by atoms with Crippen LogP contribution in [0.15, 0.2) is 12.2 Å². The number of nitrogens with zero attached hydrogens (tertiary/aromatic N) is 9. The van der Waals surface area contributed by atoms with Gasteiger partial charge in [0.1, 0.15) is 53.9 Å². The molecule has 3 saturated carbocycles. The maximum absolute atomic E-state index is 15.8. The second-order valence-electron chi connectivity index (χ2n) is 32.3. The number of carbonyl (C=O) groups is 12. The van der Waals surface area contributed by atoms with Crippen molar-refractivity contribution in [2.45, 2.75) is 262 Å². The second-order valence-corrected chi connectivity index (χ2v) is 32.9. The highest BCUT2D eigenvalue weighted by atomic mass is 35.5. The van der Waals surface area contributed by atoms with Gasteiger partial charge in [-0.25, -0.2) is 8.78 Å². The molecule has 3 aliphatic carbocycles. The fourth-order valence-corrected chi connectivity index (χ4v) is 17.5. The fourth-order valence-electron chi connectivity index (χ4n) is 17.0. The van der Waals surface area contributed by atoms with Gasteiger partial charge < -0.3 is 64.8 Å². The number of amides is 12. The lowest BCUT2D eigenvalue weighted by atomic mass is 9.58. The van der Waals surface area contributed by atoms with Crippen LogP contribution in [0.5, 0.6) is 0 Å². The van der Waals surface area contributed by atoms with Crippen molar-refractivity contribution < 1.29 is 84.2 Å². The number of fused-ring (bicyclic) bond motifs is 3. The number of likely N-dealkylation sites (N-methyl/N-ethyl adjacent to an activating group) is 7. The first-order valence-electron chi connectivity index (χ1n) is 38.0. The summed E-state index contributed by atoms with van der Waals surface area (Å²) in [5.74, 6) is -16.3. The Balaban J connectivity index is 1.49. The number of hydrogen-bond donors (Lipinski definition) is 3. The van der Waals surface area contributed by atoms with Gasteiger partial charge in [0.05, 0.1) is 31.5 Å². The number of ether oxygens (including phenoxy) is 1. The van der Waals surface area contributed by atoms with E-state index in [0.29, 0.717) is 19.3 Å². The Hall–Kier alpha value is -6.72. The first kappa shape index (κ1) is 88.2. The van der Waals surface area contributed by atoms with Gasteiger partial charge in [-0.2, -0.15) is 13.2 Å². The summed E-state index contributed by atoms with van der Waals surface area (Å²) >= 11 is 6.44. The van der Waals surface area contributed by atoms with E-state index in [-0.39, 0.29) is 103 Å². The Morgan fingerprint density at radius 3 is 1.86 bits per heavy atom. The zero-order valence-electron chi connectivity index (χ0n) is 65.5. The fraction of sp³-hybridized carbons (Fsp3) is 0.813. The van der Waals surface area contributed by atoms with Crippen molar-refractivity contribution >= 4 is 82.5 Å². The Morgan fingerprint density at radius 1 is 0.679 bits per heavy atom. The molecular formula is C75H120ClF5N12O13. The molecule has 12 amide bonds. The molecule has 2 bridgehead atoms. The van der Waals surface area contributed by atoms with Crippen molar-refractivity contribution in [3.05, 3.63) is 12.2 Å². The highest BCUT2D eigenvalue weighted by molar-refractivity contribution is 6.21. The zero-order chi connectivity index (χ0) is 79.6. The van der Waals surface area contributed by atoms with Crippen LogP contribution in [0, 0.1) is 40.9 Å². The van der Waals surface area contributed by atoms with Gasteiger partial charge in [0.25, 0.3) is 0 Å². The van der Waals surface area contributed by atoms with E-state index in [1.807, 2.05) is 27.7 Å². The summed E-state index contributed by atoms with van der Waals surface area (Å²) in [5.41, 5.74) is -2.27. The van der Waals surface area contributed by atoms with Crippen LogP contribution >= 0.6 is 11.6 Å². The molecule has 0 aromatic rings. The lowest BCUT2D eigenvalue weighted by Crippen LogP contribution is -2.71. The van der Waals surface area contributed by atoms with Crippen molar-refractivity contribution in [2.24, 2.45) is 40.9 Å². The van der Waals surface area contributed by atoms with Gasteiger partial charge in [-0.15, -0.1) is 11.6 Å². The van der Waals surface area contributed by atoms with Gasteiger partial charge in [-0.1, -0.05) is 86.8 Å². The molecule has 2 saturated heterocycles. The van der Waals surface area contributed by atoms with E-state index in [0.717, 1.165) is 24.5 Å². The molecule has 13 atom stereocenters. The Bertz CT molecular complexity index is 3180.